The predicted molar refractivity (Wildman–Crippen MR) is 201 cm³/mol. The van der Waals surface area contributed by atoms with Crippen molar-refractivity contribution in [2.45, 2.75) is 34.1 Å². The van der Waals surface area contributed by atoms with Crippen molar-refractivity contribution in [1.29, 1.82) is 0 Å². The molecule has 2 heterocycles. The zero-order valence-electron chi connectivity index (χ0n) is 28.1. The van der Waals surface area contributed by atoms with Gasteiger partial charge in [-0.15, -0.1) is 13.2 Å². The van der Waals surface area contributed by atoms with Gasteiger partial charge in [0.1, 0.15) is 5.75 Å². The molecule has 0 aliphatic carbocycles. The van der Waals surface area contributed by atoms with Crippen LogP contribution in [0.15, 0.2) is 121 Å². The van der Waals surface area contributed by atoms with E-state index in [1.54, 1.807) is 12.1 Å². The molecule has 3 nitrogen and oxygen atoms in total. The molecule has 0 saturated carbocycles. The second kappa shape index (κ2) is 10.9. The second-order valence-corrected chi connectivity index (χ2v) is 13.7. The van der Waals surface area contributed by atoms with Crippen molar-refractivity contribution in [3.05, 3.63) is 144 Å². The average molecular weight is 661 g/mol. The molecule has 0 unspecified atom stereocenters. The van der Waals surface area contributed by atoms with Crippen LogP contribution >= 0.6 is 0 Å². The lowest BCUT2D eigenvalue weighted by atomic mass is 9.33. The van der Waals surface area contributed by atoms with E-state index in [1.807, 2.05) is 62.4 Å². The largest absolute Gasteiger partial charge is 0.573 e. The Labute approximate surface area is 289 Å². The standard InChI is InChI=1S/C43H32BF3N2O/c1-25-7-15-31(16-8-25)48-38-23-33(50-43(45,46)47)24-39-40(38)44(36-19-13-29-11-5-27(3)21-34(29)41(36)48)37-20-14-30-12-6-28(4)22-35(30)42(37)49(39)32-17-9-26(2)10-18-32/h5-24H,1-4H3. The van der Waals surface area contributed by atoms with Crippen molar-refractivity contribution in [1.82, 2.24) is 0 Å². The summed E-state index contributed by atoms with van der Waals surface area (Å²) < 4.78 is 47.3. The van der Waals surface area contributed by atoms with Crippen molar-refractivity contribution in [3.63, 3.8) is 0 Å². The van der Waals surface area contributed by atoms with Gasteiger partial charge in [-0.2, -0.15) is 0 Å². The van der Waals surface area contributed by atoms with Gasteiger partial charge >= 0.3 is 6.36 Å². The van der Waals surface area contributed by atoms with E-state index in [2.05, 4.69) is 84.3 Å². The van der Waals surface area contributed by atoms with Gasteiger partial charge in [-0.05, 0) is 91.3 Å². The topological polar surface area (TPSA) is 15.7 Å². The molecule has 7 aromatic carbocycles. The predicted octanol–water partition coefficient (Wildman–Crippen LogP) is 10.2. The van der Waals surface area contributed by atoms with Gasteiger partial charge in [-0.1, -0.05) is 95.1 Å². The summed E-state index contributed by atoms with van der Waals surface area (Å²) in [6.07, 6.45) is -4.88. The fourth-order valence-corrected chi connectivity index (χ4v) is 7.93. The van der Waals surface area contributed by atoms with Crippen LogP contribution in [0.25, 0.3) is 21.5 Å². The van der Waals surface area contributed by atoms with E-state index < -0.39 is 6.36 Å². The Bertz CT molecular complexity index is 2340. The zero-order valence-corrected chi connectivity index (χ0v) is 28.1. The van der Waals surface area contributed by atoms with Crippen molar-refractivity contribution < 1.29 is 17.9 Å². The number of alkyl halides is 3. The first-order valence-corrected chi connectivity index (χ1v) is 16.8. The molecule has 244 valence electrons. The maximum atomic E-state index is 14.2. The quantitative estimate of drug-likeness (QED) is 0.176. The summed E-state index contributed by atoms with van der Waals surface area (Å²) in [4.78, 5) is 4.28. The van der Waals surface area contributed by atoms with E-state index in [1.165, 1.54) is 0 Å². The number of fused-ring (bicyclic) bond motifs is 8. The first-order valence-electron chi connectivity index (χ1n) is 16.8. The molecule has 9 rings (SSSR count). The molecule has 0 N–H and O–H groups in total. The van der Waals surface area contributed by atoms with Gasteiger partial charge in [0.15, 0.2) is 0 Å². The Kier molecular flexibility index (Phi) is 6.63. The van der Waals surface area contributed by atoms with Crippen molar-refractivity contribution in [3.8, 4) is 5.75 Å². The second-order valence-electron chi connectivity index (χ2n) is 13.7. The molecule has 7 aromatic rings. The van der Waals surface area contributed by atoms with Gasteiger partial charge in [-0.3, -0.25) is 0 Å². The summed E-state index contributed by atoms with van der Waals surface area (Å²) in [5.41, 5.74) is 12.5. The average Bonchev–Trinajstić information content (AvgIpc) is 3.08. The number of ether oxygens (including phenoxy) is 1. The van der Waals surface area contributed by atoms with Crippen LogP contribution in [-0.2, 0) is 0 Å². The molecule has 0 aromatic heterocycles. The Morgan fingerprint density at radius 1 is 0.500 bits per heavy atom. The lowest BCUT2D eigenvalue weighted by Crippen LogP contribution is -2.61. The lowest BCUT2D eigenvalue weighted by Gasteiger charge is -2.45. The lowest BCUT2D eigenvalue weighted by molar-refractivity contribution is -0.274. The Morgan fingerprint density at radius 3 is 1.32 bits per heavy atom. The summed E-state index contributed by atoms with van der Waals surface area (Å²) in [7, 11) is 0. The van der Waals surface area contributed by atoms with E-state index in [9.17, 15) is 13.2 Å². The van der Waals surface area contributed by atoms with Crippen molar-refractivity contribution in [2.75, 3.05) is 9.80 Å². The highest BCUT2D eigenvalue weighted by Gasteiger charge is 2.45. The van der Waals surface area contributed by atoms with Crippen LogP contribution in [0.2, 0.25) is 0 Å². The first kappa shape index (κ1) is 30.4. The highest BCUT2D eigenvalue weighted by molar-refractivity contribution is 7.00. The summed E-state index contributed by atoms with van der Waals surface area (Å²) in [5.74, 6) is -0.265. The highest BCUT2D eigenvalue weighted by Crippen LogP contribution is 2.49. The molecule has 50 heavy (non-hydrogen) atoms. The molecule has 7 heteroatoms. The van der Waals surface area contributed by atoms with E-state index >= 15 is 0 Å². The molecular weight excluding hydrogens is 628 g/mol. The molecule has 2 aliphatic rings. The highest BCUT2D eigenvalue weighted by atomic mass is 19.4. The minimum Gasteiger partial charge on any atom is -0.406 e. The van der Waals surface area contributed by atoms with Crippen molar-refractivity contribution in [2.24, 2.45) is 0 Å². The van der Waals surface area contributed by atoms with Crippen LogP contribution in [-0.4, -0.2) is 13.1 Å². The molecule has 0 spiro atoms. The summed E-state index contributed by atoms with van der Waals surface area (Å²) >= 11 is 0. The maximum absolute atomic E-state index is 14.2. The van der Waals surface area contributed by atoms with Crippen LogP contribution in [0.1, 0.15) is 22.3 Å². The maximum Gasteiger partial charge on any atom is 0.573 e. The minimum absolute atomic E-state index is 0.261. The van der Waals surface area contributed by atoms with Crippen LogP contribution in [0.4, 0.5) is 47.3 Å². The minimum atomic E-state index is -4.88. The molecular formula is C43H32BF3N2O. The molecule has 0 atom stereocenters. The monoisotopic (exact) mass is 660 g/mol. The van der Waals surface area contributed by atoms with E-state index in [4.69, 9.17) is 4.74 Å². The number of halogens is 3. The third-order valence-corrected chi connectivity index (χ3v) is 10.1. The Balaban J connectivity index is 1.47. The number of aryl methyl sites for hydroxylation is 4. The molecule has 0 radical (unpaired) electrons. The summed E-state index contributed by atoms with van der Waals surface area (Å²) in [5, 5.41) is 4.20. The normalized spacial score (nSPS) is 13.4. The Hall–Kier alpha value is -5.69. The van der Waals surface area contributed by atoms with Crippen molar-refractivity contribution >= 4 is 78.8 Å². The van der Waals surface area contributed by atoms with Gasteiger partial charge in [0.05, 0.1) is 0 Å². The fraction of sp³-hybridized carbons (Fsp3) is 0.116. The Morgan fingerprint density at radius 2 is 0.900 bits per heavy atom. The molecule has 0 bridgehead atoms. The first-order chi connectivity index (χ1) is 24.0. The number of benzene rings is 7. The summed E-state index contributed by atoms with van der Waals surface area (Å²) in [6.45, 7) is 7.95. The third kappa shape index (κ3) is 4.75. The number of anilines is 6. The summed E-state index contributed by atoms with van der Waals surface area (Å²) in [6, 6.07) is 41.0. The third-order valence-electron chi connectivity index (χ3n) is 10.1. The van der Waals surface area contributed by atoms with Crippen LogP contribution in [0, 0.1) is 27.7 Å². The van der Waals surface area contributed by atoms with Crippen LogP contribution < -0.4 is 30.9 Å². The number of rotatable bonds is 3. The van der Waals surface area contributed by atoms with Crippen LogP contribution in [0.3, 0.4) is 0 Å². The van der Waals surface area contributed by atoms with E-state index in [0.29, 0.717) is 11.4 Å². The van der Waals surface area contributed by atoms with E-state index in [-0.39, 0.29) is 12.5 Å². The number of nitrogens with zero attached hydrogens (tertiary/aromatic N) is 2. The SMILES string of the molecule is Cc1ccc(N2c3cc(OC(F)(F)F)cc4c3B(c3ccc5ccc(C)cc5c32)c2ccc3ccc(C)cc3c2N4c2ccc(C)cc2)cc1. The van der Waals surface area contributed by atoms with Gasteiger partial charge in [-0.25, -0.2) is 0 Å². The number of hydrogen-bond donors (Lipinski definition) is 0. The molecule has 0 fully saturated rings. The van der Waals surface area contributed by atoms with Gasteiger partial charge in [0, 0.05) is 57.0 Å². The smallest absolute Gasteiger partial charge is 0.406 e. The van der Waals surface area contributed by atoms with Gasteiger partial charge in [0.2, 0.25) is 0 Å². The van der Waals surface area contributed by atoms with Gasteiger partial charge < -0.3 is 14.5 Å². The van der Waals surface area contributed by atoms with E-state index in [0.717, 1.165) is 82.9 Å². The molecule has 0 saturated heterocycles. The van der Waals surface area contributed by atoms with Crippen LogP contribution in [0.5, 0.6) is 5.75 Å². The fourth-order valence-electron chi connectivity index (χ4n) is 7.93. The molecule has 2 aliphatic heterocycles. The molecule has 0 amide bonds. The van der Waals surface area contributed by atoms with Gasteiger partial charge in [0.25, 0.3) is 6.71 Å². The number of hydrogen-bond acceptors (Lipinski definition) is 3. The zero-order chi connectivity index (χ0) is 34.5.